The van der Waals surface area contributed by atoms with Crippen molar-refractivity contribution in [3.8, 4) is 0 Å². The Bertz CT molecular complexity index is 823. The Morgan fingerprint density at radius 2 is 1.87 bits per heavy atom. The first-order valence-corrected chi connectivity index (χ1v) is 7.15. The SMILES string of the molecule is O=[N+]([O-])c1ccc(NCCNc2ccccn2)c2ccncc12. The lowest BCUT2D eigenvalue weighted by Crippen LogP contribution is -2.14. The molecule has 7 nitrogen and oxygen atoms in total. The van der Waals surface area contributed by atoms with E-state index in [2.05, 4.69) is 20.6 Å². The fourth-order valence-electron chi connectivity index (χ4n) is 2.34. The molecule has 0 amide bonds. The second kappa shape index (κ2) is 6.69. The number of hydrogen-bond acceptors (Lipinski definition) is 6. The molecular weight excluding hydrogens is 294 g/mol. The number of benzene rings is 1. The number of hydrogen-bond donors (Lipinski definition) is 2. The summed E-state index contributed by atoms with van der Waals surface area (Å²) in [6.45, 7) is 1.34. The van der Waals surface area contributed by atoms with Gasteiger partial charge in [0.2, 0.25) is 0 Å². The molecule has 2 N–H and O–H groups in total. The number of fused-ring (bicyclic) bond motifs is 1. The third-order valence-electron chi connectivity index (χ3n) is 3.40. The molecule has 2 heterocycles. The number of aromatic nitrogens is 2. The summed E-state index contributed by atoms with van der Waals surface area (Å²) in [7, 11) is 0. The van der Waals surface area contributed by atoms with Crippen molar-refractivity contribution in [2.45, 2.75) is 0 Å². The fourth-order valence-corrected chi connectivity index (χ4v) is 2.34. The number of rotatable bonds is 6. The van der Waals surface area contributed by atoms with E-state index in [0.717, 1.165) is 16.9 Å². The van der Waals surface area contributed by atoms with Crippen LogP contribution in [0.2, 0.25) is 0 Å². The maximum absolute atomic E-state index is 11.1. The van der Waals surface area contributed by atoms with Crippen LogP contribution in [0.15, 0.2) is 55.0 Å². The first-order chi connectivity index (χ1) is 11.3. The van der Waals surface area contributed by atoms with Crippen LogP contribution in [-0.4, -0.2) is 28.0 Å². The highest BCUT2D eigenvalue weighted by molar-refractivity contribution is 5.99. The van der Waals surface area contributed by atoms with Gasteiger partial charge in [-0.1, -0.05) is 6.07 Å². The first-order valence-electron chi connectivity index (χ1n) is 7.15. The van der Waals surface area contributed by atoms with Crippen LogP contribution in [0.3, 0.4) is 0 Å². The summed E-state index contributed by atoms with van der Waals surface area (Å²) in [6, 6.07) is 10.7. The topological polar surface area (TPSA) is 93.0 Å². The van der Waals surface area contributed by atoms with Gasteiger partial charge < -0.3 is 10.6 Å². The van der Waals surface area contributed by atoms with E-state index in [4.69, 9.17) is 0 Å². The van der Waals surface area contributed by atoms with Gasteiger partial charge in [0, 0.05) is 48.8 Å². The molecule has 0 saturated carbocycles. The molecule has 7 heteroatoms. The number of pyridine rings is 2. The number of nitro groups is 1. The highest BCUT2D eigenvalue weighted by atomic mass is 16.6. The smallest absolute Gasteiger partial charge is 0.278 e. The molecule has 0 aliphatic carbocycles. The largest absolute Gasteiger partial charge is 0.383 e. The zero-order chi connectivity index (χ0) is 16.1. The number of non-ortho nitro benzene ring substituents is 1. The zero-order valence-electron chi connectivity index (χ0n) is 12.3. The second-order valence-corrected chi connectivity index (χ2v) is 4.88. The average molecular weight is 309 g/mol. The number of anilines is 2. The van der Waals surface area contributed by atoms with Crippen LogP contribution in [0.25, 0.3) is 10.8 Å². The van der Waals surface area contributed by atoms with E-state index < -0.39 is 4.92 Å². The molecule has 0 radical (unpaired) electrons. The summed E-state index contributed by atoms with van der Waals surface area (Å²) >= 11 is 0. The van der Waals surface area contributed by atoms with E-state index in [9.17, 15) is 10.1 Å². The van der Waals surface area contributed by atoms with Crippen LogP contribution >= 0.6 is 0 Å². The van der Waals surface area contributed by atoms with Gasteiger partial charge >= 0.3 is 0 Å². The van der Waals surface area contributed by atoms with Crippen molar-refractivity contribution in [2.75, 3.05) is 23.7 Å². The van der Waals surface area contributed by atoms with E-state index in [-0.39, 0.29) is 5.69 Å². The van der Waals surface area contributed by atoms with Crippen LogP contribution in [0.5, 0.6) is 0 Å². The summed E-state index contributed by atoms with van der Waals surface area (Å²) in [5, 5.41) is 18.9. The molecule has 0 bridgehead atoms. The molecule has 3 aromatic rings. The van der Waals surface area contributed by atoms with Crippen molar-refractivity contribution in [1.29, 1.82) is 0 Å². The molecule has 0 spiro atoms. The van der Waals surface area contributed by atoms with Crippen LogP contribution in [0, 0.1) is 10.1 Å². The summed E-state index contributed by atoms with van der Waals surface area (Å²) in [5.41, 5.74) is 0.904. The van der Waals surface area contributed by atoms with Gasteiger partial charge in [0.15, 0.2) is 0 Å². The third-order valence-corrected chi connectivity index (χ3v) is 3.40. The fraction of sp³-hybridized carbons (Fsp3) is 0.125. The summed E-state index contributed by atoms with van der Waals surface area (Å²) < 4.78 is 0. The molecule has 3 rings (SSSR count). The quantitative estimate of drug-likeness (QED) is 0.413. The van der Waals surface area contributed by atoms with E-state index in [0.29, 0.717) is 18.5 Å². The third kappa shape index (κ3) is 3.34. The average Bonchev–Trinajstić information content (AvgIpc) is 2.59. The Morgan fingerprint density at radius 1 is 1.00 bits per heavy atom. The number of nitrogens with one attached hydrogen (secondary N) is 2. The summed E-state index contributed by atoms with van der Waals surface area (Å²) in [5.74, 6) is 0.812. The van der Waals surface area contributed by atoms with Gasteiger partial charge in [-0.15, -0.1) is 0 Å². The molecular formula is C16H15N5O2. The van der Waals surface area contributed by atoms with Crippen LogP contribution < -0.4 is 10.6 Å². The number of nitrogens with zero attached hydrogens (tertiary/aromatic N) is 3. The van der Waals surface area contributed by atoms with E-state index in [1.165, 1.54) is 12.3 Å². The molecule has 0 saturated heterocycles. The number of nitro benzene ring substituents is 1. The minimum atomic E-state index is -0.392. The van der Waals surface area contributed by atoms with Crippen molar-refractivity contribution in [3.63, 3.8) is 0 Å². The zero-order valence-corrected chi connectivity index (χ0v) is 12.3. The van der Waals surface area contributed by atoms with Crippen LogP contribution in [-0.2, 0) is 0 Å². The molecule has 0 aliphatic rings. The highest BCUT2D eigenvalue weighted by Gasteiger charge is 2.13. The Balaban J connectivity index is 1.71. The van der Waals surface area contributed by atoms with Gasteiger partial charge in [0.25, 0.3) is 5.69 Å². The molecule has 1 aromatic carbocycles. The van der Waals surface area contributed by atoms with Gasteiger partial charge in [-0.3, -0.25) is 15.1 Å². The molecule has 0 aliphatic heterocycles. The standard InChI is InChI=1S/C16H15N5O2/c22-21(23)15-5-4-14(12-6-8-17-11-13(12)15)18-9-10-20-16-3-1-2-7-19-16/h1-8,11,18H,9-10H2,(H,19,20). The monoisotopic (exact) mass is 309 g/mol. The first kappa shape index (κ1) is 14.7. The highest BCUT2D eigenvalue weighted by Crippen LogP contribution is 2.30. The molecule has 2 aromatic heterocycles. The molecule has 23 heavy (non-hydrogen) atoms. The Labute approximate surface area is 132 Å². The predicted molar refractivity (Wildman–Crippen MR) is 89.6 cm³/mol. The minimum absolute atomic E-state index is 0.0604. The van der Waals surface area contributed by atoms with E-state index in [1.54, 1.807) is 24.5 Å². The van der Waals surface area contributed by atoms with E-state index >= 15 is 0 Å². The van der Waals surface area contributed by atoms with Gasteiger partial charge in [-0.25, -0.2) is 4.98 Å². The van der Waals surface area contributed by atoms with Crippen molar-refractivity contribution in [1.82, 2.24) is 9.97 Å². The van der Waals surface area contributed by atoms with Crippen molar-refractivity contribution < 1.29 is 4.92 Å². The second-order valence-electron chi connectivity index (χ2n) is 4.88. The lowest BCUT2D eigenvalue weighted by molar-refractivity contribution is -0.383. The van der Waals surface area contributed by atoms with Crippen molar-refractivity contribution >= 4 is 28.0 Å². The molecule has 116 valence electrons. The van der Waals surface area contributed by atoms with Crippen LogP contribution in [0.4, 0.5) is 17.2 Å². The predicted octanol–water partition coefficient (Wildman–Crippen LogP) is 3.06. The molecule has 0 atom stereocenters. The Morgan fingerprint density at radius 3 is 2.65 bits per heavy atom. The van der Waals surface area contributed by atoms with Gasteiger partial charge in [-0.05, 0) is 24.3 Å². The Hall–Kier alpha value is -3.22. The summed E-state index contributed by atoms with van der Waals surface area (Å²) in [6.07, 6.45) is 4.88. The lowest BCUT2D eigenvalue weighted by Gasteiger charge is -2.11. The molecule has 0 fully saturated rings. The van der Waals surface area contributed by atoms with Crippen molar-refractivity contribution in [3.05, 3.63) is 65.1 Å². The minimum Gasteiger partial charge on any atom is -0.383 e. The summed E-state index contributed by atoms with van der Waals surface area (Å²) in [4.78, 5) is 18.9. The maximum atomic E-state index is 11.1. The lowest BCUT2D eigenvalue weighted by atomic mass is 10.1. The van der Waals surface area contributed by atoms with Gasteiger partial charge in [0.1, 0.15) is 5.82 Å². The maximum Gasteiger partial charge on any atom is 0.278 e. The van der Waals surface area contributed by atoms with Crippen molar-refractivity contribution in [2.24, 2.45) is 0 Å². The molecule has 0 unspecified atom stereocenters. The Kier molecular flexibility index (Phi) is 4.28. The van der Waals surface area contributed by atoms with Gasteiger partial charge in [-0.2, -0.15) is 0 Å². The van der Waals surface area contributed by atoms with Crippen LogP contribution in [0.1, 0.15) is 0 Å². The normalized spacial score (nSPS) is 10.4. The van der Waals surface area contributed by atoms with E-state index in [1.807, 2.05) is 18.2 Å². The van der Waals surface area contributed by atoms with Gasteiger partial charge in [0.05, 0.1) is 10.3 Å².